The molecule has 2 N–H and O–H groups in total. The van der Waals surface area contributed by atoms with Crippen LogP contribution in [-0.2, 0) is 6.42 Å². The predicted molar refractivity (Wildman–Crippen MR) is 58.1 cm³/mol. The molecule has 0 aliphatic heterocycles. The molecule has 0 spiro atoms. The van der Waals surface area contributed by atoms with E-state index < -0.39 is 0 Å². The Balaban J connectivity index is 1.94. The quantitative estimate of drug-likeness (QED) is 0.830. The molecule has 14 heavy (non-hydrogen) atoms. The standard InChI is InChI=1S/C10H17N3S/c11-6-9-4-2-1-3-8(9)5-10-7-14-13-12-10/h7-9H,1-6,11H2. The fourth-order valence-electron chi connectivity index (χ4n) is 2.41. The van der Waals surface area contributed by atoms with E-state index in [1.807, 2.05) is 0 Å². The average Bonchev–Trinajstić information content (AvgIpc) is 2.71. The van der Waals surface area contributed by atoms with Crippen LogP contribution in [-0.4, -0.2) is 16.1 Å². The Kier molecular flexibility index (Phi) is 3.48. The highest BCUT2D eigenvalue weighted by Crippen LogP contribution is 2.31. The zero-order valence-corrected chi connectivity index (χ0v) is 9.17. The summed E-state index contributed by atoms with van der Waals surface area (Å²) in [6, 6.07) is 0. The largest absolute Gasteiger partial charge is 0.330 e. The fourth-order valence-corrected chi connectivity index (χ4v) is 2.87. The van der Waals surface area contributed by atoms with Crippen molar-refractivity contribution >= 4 is 11.5 Å². The Hall–Kier alpha value is -0.480. The second-order valence-electron chi connectivity index (χ2n) is 4.14. The highest BCUT2D eigenvalue weighted by atomic mass is 32.1. The Labute approximate surface area is 88.9 Å². The summed E-state index contributed by atoms with van der Waals surface area (Å²) in [5.41, 5.74) is 6.94. The van der Waals surface area contributed by atoms with E-state index in [1.165, 1.54) is 37.2 Å². The van der Waals surface area contributed by atoms with Crippen molar-refractivity contribution in [2.24, 2.45) is 17.6 Å². The van der Waals surface area contributed by atoms with Gasteiger partial charge >= 0.3 is 0 Å². The molecule has 4 heteroatoms. The van der Waals surface area contributed by atoms with Crippen molar-refractivity contribution in [2.75, 3.05) is 6.54 Å². The molecule has 1 saturated carbocycles. The van der Waals surface area contributed by atoms with Gasteiger partial charge in [0.05, 0.1) is 5.69 Å². The summed E-state index contributed by atoms with van der Waals surface area (Å²) < 4.78 is 3.90. The molecule has 78 valence electrons. The van der Waals surface area contributed by atoms with Crippen molar-refractivity contribution in [1.82, 2.24) is 9.59 Å². The molecule has 1 heterocycles. The van der Waals surface area contributed by atoms with Gasteiger partial charge in [-0.15, -0.1) is 5.10 Å². The summed E-state index contributed by atoms with van der Waals surface area (Å²) in [4.78, 5) is 0. The summed E-state index contributed by atoms with van der Waals surface area (Å²) in [5, 5.41) is 6.16. The minimum Gasteiger partial charge on any atom is -0.330 e. The van der Waals surface area contributed by atoms with Gasteiger partial charge in [0.1, 0.15) is 0 Å². The van der Waals surface area contributed by atoms with Gasteiger partial charge in [-0.25, -0.2) is 0 Å². The first-order chi connectivity index (χ1) is 6.90. The molecule has 2 unspecified atom stereocenters. The topological polar surface area (TPSA) is 51.8 Å². The number of nitrogens with zero attached hydrogens (tertiary/aromatic N) is 2. The van der Waals surface area contributed by atoms with E-state index in [0.29, 0.717) is 5.92 Å². The van der Waals surface area contributed by atoms with Crippen molar-refractivity contribution in [3.05, 3.63) is 11.1 Å². The summed E-state index contributed by atoms with van der Waals surface area (Å²) in [7, 11) is 0. The van der Waals surface area contributed by atoms with Crippen molar-refractivity contribution in [1.29, 1.82) is 0 Å². The van der Waals surface area contributed by atoms with Crippen LogP contribution in [0.4, 0.5) is 0 Å². The van der Waals surface area contributed by atoms with Crippen LogP contribution < -0.4 is 5.73 Å². The lowest BCUT2D eigenvalue weighted by molar-refractivity contribution is 0.240. The lowest BCUT2D eigenvalue weighted by Gasteiger charge is -2.29. The van der Waals surface area contributed by atoms with Gasteiger partial charge in [0, 0.05) is 5.38 Å². The maximum absolute atomic E-state index is 5.79. The zero-order chi connectivity index (χ0) is 9.80. The summed E-state index contributed by atoms with van der Waals surface area (Å²) in [6.07, 6.45) is 6.42. The van der Waals surface area contributed by atoms with Crippen LogP contribution >= 0.6 is 11.5 Å². The van der Waals surface area contributed by atoms with Crippen LogP contribution in [0.1, 0.15) is 31.4 Å². The van der Waals surface area contributed by atoms with Gasteiger partial charge in [0.15, 0.2) is 0 Å². The maximum Gasteiger partial charge on any atom is 0.0758 e. The van der Waals surface area contributed by atoms with Gasteiger partial charge < -0.3 is 5.73 Å². The molecule has 0 radical (unpaired) electrons. The van der Waals surface area contributed by atoms with Crippen molar-refractivity contribution in [2.45, 2.75) is 32.1 Å². The number of nitrogens with two attached hydrogens (primary N) is 1. The first-order valence-corrected chi connectivity index (χ1v) is 6.20. The van der Waals surface area contributed by atoms with Gasteiger partial charge in [0.2, 0.25) is 0 Å². The number of rotatable bonds is 3. The van der Waals surface area contributed by atoms with Gasteiger partial charge in [-0.3, -0.25) is 0 Å². The molecular weight excluding hydrogens is 194 g/mol. The highest BCUT2D eigenvalue weighted by Gasteiger charge is 2.24. The van der Waals surface area contributed by atoms with Crippen molar-refractivity contribution in [3.8, 4) is 0 Å². The van der Waals surface area contributed by atoms with Crippen LogP contribution in [0.2, 0.25) is 0 Å². The molecule has 0 saturated heterocycles. The van der Waals surface area contributed by atoms with Crippen LogP contribution in [0, 0.1) is 11.8 Å². The van der Waals surface area contributed by atoms with Crippen LogP contribution in [0.15, 0.2) is 5.38 Å². The molecule has 1 aromatic heterocycles. The Morgan fingerprint density at radius 1 is 1.36 bits per heavy atom. The molecule has 0 amide bonds. The number of aromatic nitrogens is 2. The third kappa shape index (κ3) is 2.30. The fraction of sp³-hybridized carbons (Fsp3) is 0.800. The monoisotopic (exact) mass is 211 g/mol. The molecule has 0 bridgehead atoms. The smallest absolute Gasteiger partial charge is 0.0758 e. The van der Waals surface area contributed by atoms with Crippen LogP contribution in [0.25, 0.3) is 0 Å². The highest BCUT2D eigenvalue weighted by molar-refractivity contribution is 7.03. The van der Waals surface area contributed by atoms with Crippen LogP contribution in [0.3, 0.4) is 0 Å². The molecule has 1 fully saturated rings. The van der Waals surface area contributed by atoms with Gasteiger partial charge in [0.25, 0.3) is 0 Å². The van der Waals surface area contributed by atoms with Crippen molar-refractivity contribution < 1.29 is 0 Å². The van der Waals surface area contributed by atoms with Crippen molar-refractivity contribution in [3.63, 3.8) is 0 Å². The zero-order valence-electron chi connectivity index (χ0n) is 8.35. The van der Waals surface area contributed by atoms with Gasteiger partial charge in [-0.1, -0.05) is 17.3 Å². The predicted octanol–water partition coefficient (Wildman–Crippen LogP) is 1.85. The minimum absolute atomic E-state index is 0.713. The molecule has 2 atom stereocenters. The number of hydrogen-bond donors (Lipinski definition) is 1. The lowest BCUT2D eigenvalue weighted by atomic mass is 9.77. The first-order valence-electron chi connectivity index (χ1n) is 5.36. The Bertz CT molecular complexity index is 260. The molecule has 1 aromatic rings. The molecule has 0 aromatic carbocycles. The minimum atomic E-state index is 0.713. The van der Waals surface area contributed by atoms with Gasteiger partial charge in [-0.2, -0.15) is 0 Å². The van der Waals surface area contributed by atoms with Crippen LogP contribution in [0.5, 0.6) is 0 Å². The molecule has 1 aliphatic carbocycles. The first kappa shape index (κ1) is 10.1. The van der Waals surface area contributed by atoms with E-state index in [2.05, 4.69) is 15.0 Å². The lowest BCUT2D eigenvalue weighted by Crippen LogP contribution is -2.28. The van der Waals surface area contributed by atoms with E-state index in [9.17, 15) is 0 Å². The molecule has 1 aliphatic rings. The van der Waals surface area contributed by atoms with E-state index in [4.69, 9.17) is 5.73 Å². The van der Waals surface area contributed by atoms with E-state index in [1.54, 1.807) is 0 Å². The normalized spacial score (nSPS) is 27.8. The Morgan fingerprint density at radius 2 is 2.14 bits per heavy atom. The summed E-state index contributed by atoms with van der Waals surface area (Å²) in [6.45, 7) is 0.836. The van der Waals surface area contributed by atoms with E-state index in [0.717, 1.165) is 24.6 Å². The second-order valence-corrected chi connectivity index (χ2v) is 4.75. The Morgan fingerprint density at radius 3 is 2.79 bits per heavy atom. The van der Waals surface area contributed by atoms with E-state index in [-0.39, 0.29) is 0 Å². The SMILES string of the molecule is NCC1CCCCC1Cc1csnn1. The van der Waals surface area contributed by atoms with Gasteiger partial charge in [-0.05, 0) is 49.2 Å². The third-order valence-corrected chi connectivity index (χ3v) is 3.80. The third-order valence-electron chi connectivity index (χ3n) is 3.25. The maximum atomic E-state index is 5.79. The second kappa shape index (κ2) is 4.84. The average molecular weight is 211 g/mol. The summed E-state index contributed by atoms with van der Waals surface area (Å²) in [5.74, 6) is 1.46. The molecular formula is C10H17N3S. The van der Waals surface area contributed by atoms with E-state index >= 15 is 0 Å². The number of hydrogen-bond acceptors (Lipinski definition) is 4. The summed E-state index contributed by atoms with van der Waals surface area (Å²) >= 11 is 1.44. The molecule has 2 rings (SSSR count). The molecule has 3 nitrogen and oxygen atoms in total.